The molecule has 13 heteroatoms. The zero-order valence-corrected chi connectivity index (χ0v) is 28.8. The summed E-state index contributed by atoms with van der Waals surface area (Å²) >= 11 is 6.90. The van der Waals surface area contributed by atoms with Gasteiger partial charge in [0.15, 0.2) is 12.2 Å². The molecule has 2 aliphatic carbocycles. The Labute approximate surface area is 274 Å². The van der Waals surface area contributed by atoms with E-state index in [1.807, 2.05) is 13.8 Å². The first-order valence-corrected chi connectivity index (χ1v) is 15.8. The van der Waals surface area contributed by atoms with E-state index >= 15 is 0 Å². The molecule has 10 unspecified atom stereocenters. The first kappa shape index (κ1) is 37.1. The summed E-state index contributed by atoms with van der Waals surface area (Å²) < 4.78 is 35.5. The molecule has 1 aliphatic heterocycles. The summed E-state index contributed by atoms with van der Waals surface area (Å²) in [6.45, 7) is 15.1. The van der Waals surface area contributed by atoms with E-state index in [4.69, 9.17) is 40.0 Å². The summed E-state index contributed by atoms with van der Waals surface area (Å²) in [7, 11) is 0. The maximum Gasteiger partial charge on any atom is 0.334 e. The van der Waals surface area contributed by atoms with Gasteiger partial charge >= 0.3 is 35.8 Å². The molecule has 0 spiro atoms. The Morgan fingerprint density at radius 2 is 1.48 bits per heavy atom. The van der Waals surface area contributed by atoms with Crippen LogP contribution in [0.3, 0.4) is 0 Å². The molecule has 0 N–H and O–H groups in total. The minimum atomic E-state index is -1.50. The normalized spacial score (nSPS) is 34.3. The molecule has 46 heavy (non-hydrogen) atoms. The van der Waals surface area contributed by atoms with Crippen LogP contribution in [0.5, 0.6) is 0 Å². The lowest BCUT2D eigenvalue weighted by Crippen LogP contribution is -2.69. The molecule has 1 saturated carbocycles. The standard InChI is InChI=1S/C33H45ClO12/c1-14(2)13-23(39)45-30-27(42-19(7)36)17(5)25-28(43-20(8)37)24-16(4)32(40)46-29(24)26(34)15(3)11-12-22(41-18(6)35)33(25,10)31(30)44-21(9)38/h11,14,17,22,25-31H,12-13H2,1-10H3. The van der Waals surface area contributed by atoms with Crippen LogP contribution in [0, 0.1) is 23.2 Å². The number of carbonyl (C=O) groups is 6. The van der Waals surface area contributed by atoms with Gasteiger partial charge in [-0.15, -0.1) is 11.6 Å². The van der Waals surface area contributed by atoms with Crippen molar-refractivity contribution in [2.24, 2.45) is 23.2 Å². The molecule has 3 rings (SSSR count). The van der Waals surface area contributed by atoms with E-state index in [9.17, 15) is 28.8 Å². The number of hydrogen-bond donors (Lipinski definition) is 0. The van der Waals surface area contributed by atoms with E-state index in [0.29, 0.717) is 5.57 Å². The molecule has 256 valence electrons. The van der Waals surface area contributed by atoms with Gasteiger partial charge in [-0.25, -0.2) is 4.79 Å². The molecule has 3 aliphatic rings. The number of halogens is 1. The van der Waals surface area contributed by atoms with E-state index in [1.54, 1.807) is 26.8 Å². The summed E-state index contributed by atoms with van der Waals surface area (Å²) in [5.74, 6) is -6.03. The molecular weight excluding hydrogens is 624 g/mol. The minimum absolute atomic E-state index is 0.0142. The lowest BCUT2D eigenvalue weighted by molar-refractivity contribution is -0.260. The number of esters is 6. The van der Waals surface area contributed by atoms with Gasteiger partial charge in [0.05, 0.1) is 10.8 Å². The zero-order chi connectivity index (χ0) is 34.8. The van der Waals surface area contributed by atoms with Gasteiger partial charge < -0.3 is 28.4 Å². The predicted octanol–water partition coefficient (Wildman–Crippen LogP) is 4.14. The van der Waals surface area contributed by atoms with Crippen molar-refractivity contribution < 1.29 is 57.2 Å². The Hall–Kier alpha value is -3.41. The van der Waals surface area contributed by atoms with Crippen LogP contribution in [-0.2, 0) is 57.2 Å². The number of alkyl halides is 1. The van der Waals surface area contributed by atoms with Crippen LogP contribution >= 0.6 is 11.6 Å². The monoisotopic (exact) mass is 668 g/mol. The van der Waals surface area contributed by atoms with Crippen molar-refractivity contribution >= 4 is 47.4 Å². The molecule has 10 atom stereocenters. The largest absolute Gasteiger partial charge is 0.461 e. The SMILES string of the molecule is CC(=O)OC1C2=C(C)C(=O)OC2C(Cl)C(C)=CCC(OC(C)=O)C2(C)C(OC(C)=O)C(OC(=O)CC(C)C)C(OC(C)=O)C(C)C12. The van der Waals surface area contributed by atoms with Gasteiger partial charge in [-0.05, 0) is 19.8 Å². The van der Waals surface area contributed by atoms with Crippen molar-refractivity contribution in [1.29, 1.82) is 0 Å². The average molecular weight is 669 g/mol. The average Bonchev–Trinajstić information content (AvgIpc) is 3.21. The van der Waals surface area contributed by atoms with Crippen LogP contribution in [0.2, 0.25) is 0 Å². The second kappa shape index (κ2) is 14.6. The predicted molar refractivity (Wildman–Crippen MR) is 163 cm³/mol. The third-order valence-electron chi connectivity index (χ3n) is 9.04. The Morgan fingerprint density at radius 1 is 0.913 bits per heavy atom. The van der Waals surface area contributed by atoms with Crippen LogP contribution in [0.15, 0.2) is 22.8 Å². The summed E-state index contributed by atoms with van der Waals surface area (Å²) in [6, 6.07) is 0. The van der Waals surface area contributed by atoms with Crippen molar-refractivity contribution in [3.05, 3.63) is 22.8 Å². The second-order valence-electron chi connectivity index (χ2n) is 13.0. The van der Waals surface area contributed by atoms with Crippen LogP contribution in [-0.4, -0.2) is 77.8 Å². The van der Waals surface area contributed by atoms with Crippen molar-refractivity contribution in [2.75, 3.05) is 0 Å². The van der Waals surface area contributed by atoms with Crippen molar-refractivity contribution in [2.45, 2.75) is 124 Å². The fourth-order valence-electron chi connectivity index (χ4n) is 7.16. The Kier molecular flexibility index (Phi) is 11.7. The van der Waals surface area contributed by atoms with Crippen LogP contribution in [0.4, 0.5) is 0 Å². The van der Waals surface area contributed by atoms with Crippen LogP contribution in [0.1, 0.15) is 82.1 Å². The highest BCUT2D eigenvalue weighted by Gasteiger charge is 2.67. The van der Waals surface area contributed by atoms with Gasteiger partial charge in [0.1, 0.15) is 24.4 Å². The quantitative estimate of drug-likeness (QED) is 0.165. The lowest BCUT2D eigenvalue weighted by atomic mass is 9.53. The molecule has 0 aromatic heterocycles. The fourth-order valence-corrected chi connectivity index (χ4v) is 7.44. The van der Waals surface area contributed by atoms with Crippen molar-refractivity contribution in [1.82, 2.24) is 0 Å². The van der Waals surface area contributed by atoms with Gasteiger partial charge in [0, 0.05) is 63.5 Å². The highest BCUT2D eigenvalue weighted by molar-refractivity contribution is 6.23. The Bertz CT molecular complexity index is 1320. The highest BCUT2D eigenvalue weighted by Crippen LogP contribution is 2.56. The second-order valence-corrected chi connectivity index (χ2v) is 13.5. The molecule has 0 saturated heterocycles. The van der Waals surface area contributed by atoms with E-state index < -0.39 is 95.1 Å². The number of carbonyl (C=O) groups excluding carboxylic acids is 6. The Morgan fingerprint density at radius 3 is 2.00 bits per heavy atom. The minimum Gasteiger partial charge on any atom is -0.461 e. The molecule has 0 aromatic rings. The maximum absolute atomic E-state index is 13.2. The molecule has 0 bridgehead atoms. The van der Waals surface area contributed by atoms with Gasteiger partial charge in [-0.1, -0.05) is 39.3 Å². The van der Waals surface area contributed by atoms with Gasteiger partial charge in [-0.2, -0.15) is 0 Å². The summed E-state index contributed by atoms with van der Waals surface area (Å²) in [5, 5.41) is -0.881. The molecular formula is C33H45ClO12. The molecule has 0 amide bonds. The van der Waals surface area contributed by atoms with E-state index in [2.05, 4.69) is 0 Å². The number of fused-ring (bicyclic) bond motifs is 2. The van der Waals surface area contributed by atoms with Crippen LogP contribution in [0.25, 0.3) is 0 Å². The molecule has 0 aromatic carbocycles. The lowest BCUT2D eigenvalue weighted by Gasteiger charge is -2.58. The smallest absolute Gasteiger partial charge is 0.334 e. The molecule has 1 fully saturated rings. The topological polar surface area (TPSA) is 158 Å². The first-order valence-electron chi connectivity index (χ1n) is 15.4. The van der Waals surface area contributed by atoms with Gasteiger partial charge in [0.2, 0.25) is 0 Å². The van der Waals surface area contributed by atoms with Crippen molar-refractivity contribution in [3.8, 4) is 0 Å². The fraction of sp³-hybridized carbons (Fsp3) is 0.697. The third kappa shape index (κ3) is 7.58. The van der Waals surface area contributed by atoms with Gasteiger partial charge in [0.25, 0.3) is 0 Å². The van der Waals surface area contributed by atoms with E-state index in [1.165, 1.54) is 34.6 Å². The maximum atomic E-state index is 13.2. The van der Waals surface area contributed by atoms with E-state index in [0.717, 1.165) is 0 Å². The number of hydrogen-bond acceptors (Lipinski definition) is 12. The highest BCUT2D eigenvalue weighted by atomic mass is 35.5. The first-order chi connectivity index (χ1) is 21.3. The van der Waals surface area contributed by atoms with Gasteiger partial charge in [-0.3, -0.25) is 24.0 Å². The molecule has 1 heterocycles. The summed E-state index contributed by atoms with van der Waals surface area (Å²) in [6.07, 6.45) is -5.58. The van der Waals surface area contributed by atoms with Crippen molar-refractivity contribution in [3.63, 3.8) is 0 Å². The van der Waals surface area contributed by atoms with E-state index in [-0.39, 0.29) is 29.9 Å². The summed E-state index contributed by atoms with van der Waals surface area (Å²) in [4.78, 5) is 77.2. The number of ether oxygens (including phenoxy) is 6. The molecule has 0 radical (unpaired) electrons. The zero-order valence-electron chi connectivity index (χ0n) is 28.0. The summed E-state index contributed by atoms with van der Waals surface area (Å²) in [5.41, 5.74) is -0.487. The van der Waals surface area contributed by atoms with Crippen LogP contribution < -0.4 is 0 Å². The third-order valence-corrected chi connectivity index (χ3v) is 9.61. The molecule has 12 nitrogen and oxygen atoms in total. The number of rotatable bonds is 7. The Balaban J connectivity index is 2.49.